The minimum Gasteiger partial charge on any atom is -0.344 e. The fourth-order valence-corrected chi connectivity index (χ4v) is 3.95. The summed E-state index contributed by atoms with van der Waals surface area (Å²) in [4.78, 5) is 26.9. The van der Waals surface area contributed by atoms with Gasteiger partial charge in [0.05, 0.1) is 11.3 Å². The van der Waals surface area contributed by atoms with Gasteiger partial charge in [0.15, 0.2) is 0 Å². The number of hydrogen-bond donors (Lipinski definition) is 2. The van der Waals surface area contributed by atoms with Crippen molar-refractivity contribution < 1.29 is 22.8 Å². The molecule has 3 rings (SSSR count). The van der Waals surface area contributed by atoms with Crippen LogP contribution in [0.15, 0.2) is 30.0 Å². The highest BCUT2D eigenvalue weighted by atomic mass is 35.5. The van der Waals surface area contributed by atoms with Crippen LogP contribution in [0.5, 0.6) is 0 Å². The van der Waals surface area contributed by atoms with Gasteiger partial charge in [-0.2, -0.15) is 0 Å². The monoisotopic (exact) mass is 416 g/mol. The van der Waals surface area contributed by atoms with Crippen LogP contribution in [-0.2, 0) is 15.5 Å². The van der Waals surface area contributed by atoms with Gasteiger partial charge >= 0.3 is 0 Å². The van der Waals surface area contributed by atoms with Crippen molar-refractivity contribution in [3.05, 3.63) is 41.4 Å². The van der Waals surface area contributed by atoms with Gasteiger partial charge in [0.25, 0.3) is 5.92 Å². The van der Waals surface area contributed by atoms with Gasteiger partial charge in [-0.3, -0.25) is 9.59 Å². The Labute approximate surface area is 165 Å². The number of alkyl halides is 3. The topological polar surface area (TPSA) is 64.7 Å². The van der Waals surface area contributed by atoms with Gasteiger partial charge in [0, 0.05) is 39.2 Å². The van der Waals surface area contributed by atoms with Gasteiger partial charge in [0.2, 0.25) is 11.8 Å². The molecule has 0 aliphatic carbocycles. The summed E-state index contributed by atoms with van der Waals surface area (Å²) in [5.74, 6) is -7.54. The van der Waals surface area contributed by atoms with Crippen LogP contribution in [0.3, 0.4) is 0 Å². The van der Waals surface area contributed by atoms with Crippen LogP contribution >= 0.6 is 11.6 Å². The summed E-state index contributed by atoms with van der Waals surface area (Å²) in [7, 11) is 3.26. The molecule has 1 saturated heterocycles. The van der Waals surface area contributed by atoms with E-state index in [1.807, 2.05) is 0 Å². The number of anilines is 1. The van der Waals surface area contributed by atoms with Crippen molar-refractivity contribution in [3.8, 4) is 0 Å². The number of carbonyl (C=O) groups is 2. The molecular formula is C18H20ClF3N4O2. The predicted octanol–water partition coefficient (Wildman–Crippen LogP) is 2.48. The van der Waals surface area contributed by atoms with Gasteiger partial charge in [-0.1, -0.05) is 17.7 Å². The maximum atomic E-state index is 14.0. The number of nitrogens with zero attached hydrogens (tertiary/aromatic N) is 2. The molecule has 6 nitrogen and oxygen atoms in total. The summed E-state index contributed by atoms with van der Waals surface area (Å²) in [6.07, 6.45) is 1.69. The van der Waals surface area contributed by atoms with Crippen LogP contribution in [0.1, 0.15) is 12.5 Å². The smallest absolute Gasteiger partial charge is 0.275 e. The second-order valence-electron chi connectivity index (χ2n) is 7.02. The van der Waals surface area contributed by atoms with Crippen molar-refractivity contribution in [1.29, 1.82) is 0 Å². The summed E-state index contributed by atoms with van der Waals surface area (Å²) < 4.78 is 41.7. The fourth-order valence-electron chi connectivity index (χ4n) is 3.67. The van der Waals surface area contributed by atoms with Crippen LogP contribution in [0, 0.1) is 17.7 Å². The van der Waals surface area contributed by atoms with Gasteiger partial charge in [-0.05, 0) is 18.2 Å². The fraction of sp³-hybridized carbons (Fsp3) is 0.444. The van der Waals surface area contributed by atoms with Crippen LogP contribution < -0.4 is 10.7 Å². The lowest BCUT2D eigenvalue weighted by Gasteiger charge is -2.25. The van der Waals surface area contributed by atoms with Gasteiger partial charge in [0.1, 0.15) is 17.2 Å². The lowest BCUT2D eigenvalue weighted by molar-refractivity contribution is -0.135. The van der Waals surface area contributed by atoms with E-state index < -0.39 is 46.5 Å². The Balaban J connectivity index is 1.92. The standard InChI is InChI=1S/C18H20ClF3N4O2/c1-18(21,22)15-10(20)5-4-6-11(15)23-16(27)14-9(8-25(2)17(14)28)12-7-13(19)24-26(12)3/h4-7,9,13-14,24H,8H2,1-3H3,(H,23,27). The van der Waals surface area contributed by atoms with Crippen molar-refractivity contribution >= 4 is 29.1 Å². The molecule has 2 aliphatic rings. The number of hydrogen-bond acceptors (Lipinski definition) is 4. The molecule has 3 atom stereocenters. The van der Waals surface area contributed by atoms with E-state index in [2.05, 4.69) is 10.7 Å². The van der Waals surface area contributed by atoms with E-state index in [9.17, 15) is 22.8 Å². The van der Waals surface area contributed by atoms with E-state index in [-0.39, 0.29) is 12.2 Å². The van der Waals surface area contributed by atoms with Crippen LogP contribution in [0.25, 0.3) is 0 Å². The second kappa shape index (κ2) is 7.29. The average Bonchev–Trinajstić information content (AvgIpc) is 3.05. The van der Waals surface area contributed by atoms with Crippen LogP contribution in [0.2, 0.25) is 0 Å². The van der Waals surface area contributed by atoms with Crippen molar-refractivity contribution in [2.24, 2.45) is 11.8 Å². The molecule has 2 aliphatic heterocycles. The molecule has 0 bridgehead atoms. The molecule has 0 radical (unpaired) electrons. The summed E-state index contributed by atoms with van der Waals surface area (Å²) in [5.41, 5.74) is 1.80. The summed E-state index contributed by atoms with van der Waals surface area (Å²) >= 11 is 6.05. The number of likely N-dealkylation sites (tertiary alicyclic amines) is 1. The number of carbonyl (C=O) groups excluding carboxylic acids is 2. The molecule has 2 amide bonds. The number of nitrogens with one attached hydrogen (secondary N) is 2. The summed E-state index contributed by atoms with van der Waals surface area (Å²) in [6, 6.07) is 3.29. The maximum absolute atomic E-state index is 14.0. The first-order valence-electron chi connectivity index (χ1n) is 8.59. The normalized spacial score (nSPS) is 25.3. The molecule has 0 spiro atoms. The van der Waals surface area contributed by atoms with Crippen molar-refractivity contribution in [3.63, 3.8) is 0 Å². The molecule has 2 heterocycles. The number of rotatable bonds is 4. The summed E-state index contributed by atoms with van der Waals surface area (Å²) in [6.45, 7) is 0.807. The molecule has 0 saturated carbocycles. The highest BCUT2D eigenvalue weighted by Crippen LogP contribution is 2.37. The first-order valence-corrected chi connectivity index (χ1v) is 9.02. The molecule has 1 aromatic carbocycles. The Morgan fingerprint density at radius 3 is 2.61 bits per heavy atom. The molecular weight excluding hydrogens is 397 g/mol. The molecule has 2 N–H and O–H groups in total. The first-order chi connectivity index (χ1) is 13.0. The molecule has 152 valence electrons. The van der Waals surface area contributed by atoms with Gasteiger partial charge in [-0.15, -0.1) is 0 Å². The third-order valence-corrected chi connectivity index (χ3v) is 5.13. The van der Waals surface area contributed by atoms with E-state index in [1.54, 1.807) is 25.2 Å². The number of amides is 2. The van der Waals surface area contributed by atoms with Crippen LogP contribution in [-0.4, -0.2) is 47.9 Å². The van der Waals surface area contributed by atoms with E-state index >= 15 is 0 Å². The first kappa shape index (κ1) is 20.5. The van der Waals surface area contributed by atoms with E-state index in [1.165, 1.54) is 17.0 Å². The van der Waals surface area contributed by atoms with Gasteiger partial charge < -0.3 is 15.2 Å². The SMILES string of the molecule is CN1CC(C2=CC(Cl)NN2C)C(C(=O)Nc2cccc(F)c2C(C)(F)F)C1=O. The second-order valence-corrected chi connectivity index (χ2v) is 7.49. The Morgan fingerprint density at radius 2 is 2.04 bits per heavy atom. The third-order valence-electron chi connectivity index (χ3n) is 4.91. The third kappa shape index (κ3) is 3.68. The molecule has 28 heavy (non-hydrogen) atoms. The number of benzene rings is 1. The zero-order valence-corrected chi connectivity index (χ0v) is 16.2. The van der Waals surface area contributed by atoms with Crippen molar-refractivity contribution in [1.82, 2.24) is 15.3 Å². The molecule has 1 fully saturated rings. The lowest BCUT2D eigenvalue weighted by Crippen LogP contribution is -2.38. The lowest BCUT2D eigenvalue weighted by atomic mass is 9.91. The highest BCUT2D eigenvalue weighted by molar-refractivity contribution is 6.21. The summed E-state index contributed by atoms with van der Waals surface area (Å²) in [5, 5.41) is 3.95. The van der Waals surface area contributed by atoms with Crippen molar-refractivity contribution in [2.45, 2.75) is 18.3 Å². The Hall–Kier alpha value is -2.26. The molecule has 0 aromatic heterocycles. The van der Waals surface area contributed by atoms with Gasteiger partial charge in [-0.25, -0.2) is 18.6 Å². The minimum absolute atomic E-state index is 0.262. The predicted molar refractivity (Wildman–Crippen MR) is 97.8 cm³/mol. The molecule has 10 heteroatoms. The average molecular weight is 417 g/mol. The zero-order valence-electron chi connectivity index (χ0n) is 15.5. The largest absolute Gasteiger partial charge is 0.344 e. The molecule has 3 unspecified atom stereocenters. The Bertz CT molecular complexity index is 843. The Morgan fingerprint density at radius 1 is 1.36 bits per heavy atom. The Kier molecular flexibility index (Phi) is 5.33. The highest BCUT2D eigenvalue weighted by Gasteiger charge is 2.47. The van der Waals surface area contributed by atoms with Crippen molar-refractivity contribution in [2.75, 3.05) is 26.0 Å². The van der Waals surface area contributed by atoms with E-state index in [4.69, 9.17) is 11.6 Å². The minimum atomic E-state index is -3.51. The quantitative estimate of drug-likeness (QED) is 0.449. The number of halogens is 4. The molecule has 1 aromatic rings. The van der Waals surface area contributed by atoms with Crippen LogP contribution in [0.4, 0.5) is 18.9 Å². The maximum Gasteiger partial charge on any atom is 0.275 e. The van der Waals surface area contributed by atoms with E-state index in [0.717, 1.165) is 6.07 Å². The number of hydrazine groups is 1. The zero-order chi connectivity index (χ0) is 20.8. The van der Waals surface area contributed by atoms with E-state index in [0.29, 0.717) is 12.6 Å².